The Morgan fingerprint density at radius 2 is 2.00 bits per heavy atom. The van der Waals surface area contributed by atoms with Crippen LogP contribution in [-0.4, -0.2) is 94.5 Å². The highest BCUT2D eigenvalue weighted by Crippen LogP contribution is 2.37. The highest BCUT2D eigenvalue weighted by molar-refractivity contribution is 5.91. The summed E-state index contributed by atoms with van der Waals surface area (Å²) in [7, 11) is 0. The molecule has 0 aromatic carbocycles. The van der Waals surface area contributed by atoms with E-state index in [0.29, 0.717) is 38.5 Å². The molecule has 0 bridgehead atoms. The second-order valence-corrected chi connectivity index (χ2v) is 9.05. The van der Waals surface area contributed by atoms with Crippen molar-refractivity contribution in [3.05, 3.63) is 54.6 Å². The largest absolute Gasteiger partial charge is 0.494 e. The molecular formula is C26H30F3N7O6. The first-order valence-corrected chi connectivity index (χ1v) is 12.9. The number of aliphatic hydroxyl groups excluding tert-OH is 2. The van der Waals surface area contributed by atoms with Crippen LogP contribution in [0.1, 0.15) is 12.1 Å². The predicted octanol–water partition coefficient (Wildman–Crippen LogP) is 2.08. The third-order valence-electron chi connectivity index (χ3n) is 6.26. The maximum Gasteiger partial charge on any atom is 0.434 e. The van der Waals surface area contributed by atoms with Gasteiger partial charge in [0.1, 0.15) is 23.7 Å². The van der Waals surface area contributed by atoms with Gasteiger partial charge in [0.15, 0.2) is 5.69 Å². The van der Waals surface area contributed by atoms with Crippen molar-refractivity contribution in [3.63, 3.8) is 0 Å². The lowest BCUT2D eigenvalue weighted by Gasteiger charge is -2.28. The summed E-state index contributed by atoms with van der Waals surface area (Å²) in [4.78, 5) is 31.7. The minimum Gasteiger partial charge on any atom is -0.494 e. The SMILES string of the molecule is C=C/C(=C\C=C\[C@@H]1OC(=O)N(c2cc(-c3cnc(N)nc3C(F)(F)F)nc(N3CCOCC3)n2)C1CO)OCCCO. The summed E-state index contributed by atoms with van der Waals surface area (Å²) >= 11 is 0. The standard InChI is InChI=1S/C26H30F3N7O6/c1-2-16(41-10-4-9-37)5-3-6-20-19(15-38)36(25(39)42-20)21-13-18(32-24(33-21)35-7-11-40-12-8-35)17-14-31-23(30)34-22(17)26(27,28)29/h2-3,5-6,13-14,19-20,37-38H,1,4,7-12,15H2,(H2,30,31,34)/b6-3+,16-5+/t19?,20-/m0/s1. The molecule has 226 valence electrons. The number of carbonyl (C=O) groups excluding carboxylic acids is 1. The van der Waals surface area contributed by atoms with Crippen LogP contribution >= 0.6 is 0 Å². The molecule has 13 nitrogen and oxygen atoms in total. The molecule has 2 saturated heterocycles. The molecule has 2 aliphatic rings. The number of amides is 1. The Balaban J connectivity index is 1.72. The number of rotatable bonds is 11. The van der Waals surface area contributed by atoms with Gasteiger partial charge in [0.2, 0.25) is 11.9 Å². The lowest BCUT2D eigenvalue weighted by Crippen LogP contribution is -2.41. The zero-order valence-electron chi connectivity index (χ0n) is 22.4. The fourth-order valence-electron chi connectivity index (χ4n) is 4.23. The normalized spacial score (nSPS) is 19.8. The molecule has 2 aromatic heterocycles. The maximum atomic E-state index is 13.9. The van der Waals surface area contributed by atoms with Gasteiger partial charge in [-0.3, -0.25) is 4.90 Å². The van der Waals surface area contributed by atoms with E-state index >= 15 is 0 Å². The number of cyclic esters (lactones) is 1. The highest BCUT2D eigenvalue weighted by atomic mass is 19.4. The van der Waals surface area contributed by atoms with Crippen molar-refractivity contribution in [1.29, 1.82) is 0 Å². The first-order chi connectivity index (χ1) is 20.2. The number of ether oxygens (including phenoxy) is 3. The molecule has 2 fully saturated rings. The molecule has 2 aromatic rings. The Kier molecular flexibility index (Phi) is 9.92. The number of aliphatic hydroxyl groups is 2. The first-order valence-electron chi connectivity index (χ1n) is 12.9. The van der Waals surface area contributed by atoms with Crippen LogP contribution < -0.4 is 15.5 Å². The third-order valence-corrected chi connectivity index (χ3v) is 6.26. The van der Waals surface area contributed by atoms with Crippen LogP contribution in [0.3, 0.4) is 0 Å². The van der Waals surface area contributed by atoms with Crippen molar-refractivity contribution in [2.75, 3.05) is 61.7 Å². The summed E-state index contributed by atoms with van der Waals surface area (Å²) < 4.78 is 58.0. The Labute approximate surface area is 238 Å². The Morgan fingerprint density at radius 3 is 2.67 bits per heavy atom. The van der Waals surface area contributed by atoms with Crippen LogP contribution in [0.15, 0.2) is 48.9 Å². The number of morpholine rings is 1. The number of allylic oxidation sites excluding steroid dienone is 3. The molecule has 2 atom stereocenters. The Morgan fingerprint density at radius 1 is 1.24 bits per heavy atom. The molecule has 4 rings (SSSR count). The molecule has 0 aliphatic carbocycles. The van der Waals surface area contributed by atoms with Crippen LogP contribution in [0.4, 0.5) is 35.7 Å². The van der Waals surface area contributed by atoms with Gasteiger partial charge in [-0.1, -0.05) is 12.7 Å². The average molecular weight is 594 g/mol. The summed E-state index contributed by atoms with van der Waals surface area (Å²) in [5.74, 6) is -0.221. The van der Waals surface area contributed by atoms with Crippen LogP contribution in [-0.2, 0) is 20.4 Å². The number of alkyl halides is 3. The average Bonchev–Trinajstić information content (AvgIpc) is 3.30. The summed E-state index contributed by atoms with van der Waals surface area (Å²) in [6.07, 6.45) is 0.714. The van der Waals surface area contributed by atoms with Gasteiger partial charge >= 0.3 is 12.3 Å². The minimum absolute atomic E-state index is 0.0345. The molecule has 0 radical (unpaired) electrons. The van der Waals surface area contributed by atoms with Gasteiger partial charge in [0, 0.05) is 43.9 Å². The fourth-order valence-corrected chi connectivity index (χ4v) is 4.23. The van der Waals surface area contributed by atoms with E-state index in [1.54, 1.807) is 17.1 Å². The number of halogens is 3. The van der Waals surface area contributed by atoms with Gasteiger partial charge in [-0.2, -0.15) is 18.2 Å². The molecule has 16 heteroatoms. The van der Waals surface area contributed by atoms with Gasteiger partial charge in [-0.25, -0.2) is 19.7 Å². The van der Waals surface area contributed by atoms with Crippen LogP contribution in [0.2, 0.25) is 0 Å². The number of hydrogen-bond donors (Lipinski definition) is 3. The van der Waals surface area contributed by atoms with Crippen molar-refractivity contribution in [2.45, 2.75) is 24.7 Å². The number of nitrogens with zero attached hydrogens (tertiary/aromatic N) is 6. The van der Waals surface area contributed by atoms with Crippen LogP contribution in [0.25, 0.3) is 11.3 Å². The van der Waals surface area contributed by atoms with Crippen LogP contribution in [0.5, 0.6) is 0 Å². The van der Waals surface area contributed by atoms with Gasteiger partial charge in [-0.15, -0.1) is 0 Å². The molecule has 42 heavy (non-hydrogen) atoms. The second kappa shape index (κ2) is 13.6. The topological polar surface area (TPSA) is 169 Å². The first kappa shape index (κ1) is 30.7. The van der Waals surface area contributed by atoms with Crippen LogP contribution in [0, 0.1) is 0 Å². The van der Waals surface area contributed by atoms with Crippen molar-refractivity contribution in [2.24, 2.45) is 0 Å². The van der Waals surface area contributed by atoms with E-state index in [2.05, 4.69) is 26.5 Å². The number of nitrogens with two attached hydrogens (primary N) is 1. The molecule has 0 spiro atoms. The Hall–Kier alpha value is -4.28. The lowest BCUT2D eigenvalue weighted by molar-refractivity contribution is -0.140. The fraction of sp³-hybridized carbons (Fsp3) is 0.423. The summed E-state index contributed by atoms with van der Waals surface area (Å²) in [5, 5.41) is 19.1. The second-order valence-electron chi connectivity index (χ2n) is 9.05. The quantitative estimate of drug-likeness (QED) is 0.197. The molecule has 1 unspecified atom stereocenters. The minimum atomic E-state index is -4.88. The molecule has 2 aliphatic heterocycles. The zero-order valence-corrected chi connectivity index (χ0v) is 22.4. The van der Waals surface area contributed by atoms with Crippen molar-refractivity contribution < 1.29 is 42.4 Å². The van der Waals surface area contributed by atoms with Gasteiger partial charge in [-0.05, 0) is 18.2 Å². The van der Waals surface area contributed by atoms with E-state index in [-0.39, 0.29) is 30.7 Å². The van der Waals surface area contributed by atoms with E-state index in [1.807, 2.05) is 0 Å². The maximum absolute atomic E-state index is 13.9. The number of aromatic nitrogens is 4. The van der Waals surface area contributed by atoms with Gasteiger partial charge in [0.05, 0.1) is 32.1 Å². The zero-order chi connectivity index (χ0) is 30.3. The predicted molar refractivity (Wildman–Crippen MR) is 144 cm³/mol. The van der Waals surface area contributed by atoms with E-state index in [1.165, 1.54) is 18.2 Å². The Bertz CT molecular complexity index is 1330. The van der Waals surface area contributed by atoms with E-state index in [4.69, 9.17) is 25.1 Å². The third kappa shape index (κ3) is 7.13. The van der Waals surface area contributed by atoms with Gasteiger partial charge < -0.3 is 35.1 Å². The van der Waals surface area contributed by atoms with Crippen molar-refractivity contribution in [1.82, 2.24) is 19.9 Å². The molecule has 0 saturated carbocycles. The number of anilines is 3. The van der Waals surface area contributed by atoms with Crippen molar-refractivity contribution in [3.8, 4) is 11.3 Å². The lowest BCUT2D eigenvalue weighted by atomic mass is 10.1. The summed E-state index contributed by atoms with van der Waals surface area (Å²) in [6, 6.07) is 0.198. The molecule has 4 N–H and O–H groups in total. The van der Waals surface area contributed by atoms with Crippen molar-refractivity contribution >= 4 is 23.8 Å². The number of nitrogen functional groups attached to an aromatic ring is 1. The van der Waals surface area contributed by atoms with Gasteiger partial charge in [0.25, 0.3) is 0 Å². The molecular weight excluding hydrogens is 563 g/mol. The molecule has 1 amide bonds. The number of hydrogen-bond acceptors (Lipinski definition) is 12. The number of carbonyl (C=O) groups is 1. The smallest absolute Gasteiger partial charge is 0.434 e. The molecule has 4 heterocycles. The van der Waals surface area contributed by atoms with E-state index in [9.17, 15) is 23.1 Å². The monoisotopic (exact) mass is 593 g/mol. The van der Waals surface area contributed by atoms with E-state index < -0.39 is 48.2 Å². The summed E-state index contributed by atoms with van der Waals surface area (Å²) in [5.41, 5.74) is 3.45. The highest BCUT2D eigenvalue weighted by Gasteiger charge is 2.43. The van der Waals surface area contributed by atoms with E-state index in [0.717, 1.165) is 11.1 Å². The summed E-state index contributed by atoms with van der Waals surface area (Å²) in [6.45, 7) is 4.71.